The summed E-state index contributed by atoms with van der Waals surface area (Å²) in [7, 11) is 4.50. The number of hydrogen-bond acceptors (Lipinski definition) is 6. The van der Waals surface area contributed by atoms with Crippen molar-refractivity contribution in [1.29, 1.82) is 0 Å². The molecule has 0 amide bonds. The second kappa shape index (κ2) is 8.25. The zero-order chi connectivity index (χ0) is 19.3. The molecule has 1 aromatic carbocycles. The molecule has 0 N–H and O–H groups in total. The molecule has 0 aromatic heterocycles. The third kappa shape index (κ3) is 4.00. The van der Waals surface area contributed by atoms with Gasteiger partial charge in [-0.25, -0.2) is 4.79 Å². The third-order valence-electron chi connectivity index (χ3n) is 4.85. The van der Waals surface area contributed by atoms with Crippen LogP contribution in [0.3, 0.4) is 0 Å². The topological polar surface area (TPSA) is 71.1 Å². The Labute approximate surface area is 154 Å². The van der Waals surface area contributed by atoms with E-state index < -0.39 is 17.5 Å². The molecule has 0 radical (unpaired) electrons. The summed E-state index contributed by atoms with van der Waals surface area (Å²) in [4.78, 5) is 23.3. The maximum Gasteiger partial charge on any atom is 0.330 e. The minimum atomic E-state index is -0.703. The molecule has 0 unspecified atom stereocenters. The van der Waals surface area contributed by atoms with Crippen LogP contribution in [-0.4, -0.2) is 39.4 Å². The van der Waals surface area contributed by atoms with E-state index in [1.807, 2.05) is 19.1 Å². The molecule has 0 saturated heterocycles. The Bertz CT molecular complexity index is 708. The molecule has 1 aromatic rings. The van der Waals surface area contributed by atoms with E-state index in [2.05, 4.69) is 0 Å². The zero-order valence-electron chi connectivity index (χ0n) is 16.0. The Balaban J connectivity index is 2.64. The van der Waals surface area contributed by atoms with Crippen molar-refractivity contribution in [3.63, 3.8) is 0 Å². The second-order valence-corrected chi connectivity index (χ2v) is 6.49. The first-order chi connectivity index (χ1) is 12.3. The quantitative estimate of drug-likeness (QED) is 0.456. The third-order valence-corrected chi connectivity index (χ3v) is 4.85. The van der Waals surface area contributed by atoms with E-state index in [1.54, 1.807) is 20.3 Å². The maximum atomic E-state index is 11.7. The van der Waals surface area contributed by atoms with Gasteiger partial charge in [0.25, 0.3) is 0 Å². The average molecular weight is 362 g/mol. The number of esters is 2. The maximum absolute atomic E-state index is 11.7. The Kier molecular flexibility index (Phi) is 6.29. The minimum absolute atomic E-state index is 0.350. The molecule has 2 rings (SSSR count). The van der Waals surface area contributed by atoms with Gasteiger partial charge in [0.1, 0.15) is 6.10 Å². The minimum Gasteiger partial charge on any atom is -0.493 e. The molecule has 142 valence electrons. The number of rotatable bonds is 5. The highest BCUT2D eigenvalue weighted by Crippen LogP contribution is 2.43. The molecular weight excluding hydrogens is 336 g/mol. The van der Waals surface area contributed by atoms with E-state index in [0.717, 1.165) is 24.0 Å². The van der Waals surface area contributed by atoms with Crippen molar-refractivity contribution < 1.29 is 28.5 Å². The number of methoxy groups -OCH3 is 3. The summed E-state index contributed by atoms with van der Waals surface area (Å²) in [6, 6.07) is 3.85. The van der Waals surface area contributed by atoms with Gasteiger partial charge in [-0.15, -0.1) is 0 Å². The van der Waals surface area contributed by atoms with E-state index in [-0.39, 0.29) is 5.97 Å². The van der Waals surface area contributed by atoms with Gasteiger partial charge in [-0.05, 0) is 49.4 Å². The molecule has 6 nitrogen and oxygen atoms in total. The van der Waals surface area contributed by atoms with Gasteiger partial charge in [-0.2, -0.15) is 0 Å². The predicted molar refractivity (Wildman–Crippen MR) is 96.5 cm³/mol. The number of hydrogen-bond donors (Lipinski definition) is 0. The zero-order valence-corrected chi connectivity index (χ0v) is 16.0. The normalized spacial score (nSPS) is 22.3. The monoisotopic (exact) mass is 362 g/mol. The SMILES string of the molecule is COC(=O)/C=C/[C@]1(C)c2cc(OC)c(OC)cc2CCC[C@H]1OC(C)=O. The van der Waals surface area contributed by atoms with E-state index in [1.165, 1.54) is 20.1 Å². The van der Waals surface area contributed by atoms with Crippen molar-refractivity contribution in [2.75, 3.05) is 21.3 Å². The highest BCUT2D eigenvalue weighted by Gasteiger charge is 2.40. The first kappa shape index (κ1) is 19.8. The summed E-state index contributed by atoms with van der Waals surface area (Å²) >= 11 is 0. The fraction of sp³-hybridized carbons (Fsp3) is 0.500. The number of ether oxygens (including phenoxy) is 4. The summed E-state index contributed by atoms with van der Waals surface area (Å²) in [6.07, 6.45) is 5.07. The van der Waals surface area contributed by atoms with Crippen LogP contribution in [0.2, 0.25) is 0 Å². The average Bonchev–Trinajstić information content (AvgIpc) is 2.75. The van der Waals surface area contributed by atoms with Crippen LogP contribution < -0.4 is 9.47 Å². The fourth-order valence-corrected chi connectivity index (χ4v) is 3.47. The van der Waals surface area contributed by atoms with Crippen LogP contribution >= 0.6 is 0 Å². The van der Waals surface area contributed by atoms with Crippen LogP contribution in [0.15, 0.2) is 24.3 Å². The molecule has 26 heavy (non-hydrogen) atoms. The fourth-order valence-electron chi connectivity index (χ4n) is 3.47. The van der Waals surface area contributed by atoms with Crippen LogP contribution in [0, 0.1) is 0 Å². The molecule has 0 heterocycles. The van der Waals surface area contributed by atoms with Gasteiger partial charge < -0.3 is 18.9 Å². The number of carbonyl (C=O) groups excluding carboxylic acids is 2. The lowest BCUT2D eigenvalue weighted by Gasteiger charge is -2.35. The number of aryl methyl sites for hydroxylation is 1. The lowest BCUT2D eigenvalue weighted by Crippen LogP contribution is -2.38. The predicted octanol–water partition coefficient (Wildman–Crippen LogP) is 2.96. The van der Waals surface area contributed by atoms with Gasteiger partial charge in [0.15, 0.2) is 11.5 Å². The van der Waals surface area contributed by atoms with Crippen molar-refractivity contribution in [2.24, 2.45) is 0 Å². The Morgan fingerprint density at radius 1 is 1.15 bits per heavy atom. The molecule has 0 saturated carbocycles. The summed E-state index contributed by atoms with van der Waals surface area (Å²) in [6.45, 7) is 3.35. The Morgan fingerprint density at radius 3 is 2.38 bits per heavy atom. The van der Waals surface area contributed by atoms with Crippen LogP contribution in [0.4, 0.5) is 0 Å². The molecule has 6 heteroatoms. The number of benzene rings is 1. The van der Waals surface area contributed by atoms with E-state index >= 15 is 0 Å². The van der Waals surface area contributed by atoms with Gasteiger partial charge >= 0.3 is 11.9 Å². The van der Waals surface area contributed by atoms with Gasteiger partial charge in [0.2, 0.25) is 0 Å². The highest BCUT2D eigenvalue weighted by atomic mass is 16.5. The van der Waals surface area contributed by atoms with Gasteiger partial charge in [-0.3, -0.25) is 4.79 Å². The number of fused-ring (bicyclic) bond motifs is 1. The van der Waals surface area contributed by atoms with E-state index in [9.17, 15) is 9.59 Å². The molecule has 0 fully saturated rings. The van der Waals surface area contributed by atoms with E-state index in [4.69, 9.17) is 18.9 Å². The number of carbonyl (C=O) groups is 2. The summed E-state index contributed by atoms with van der Waals surface area (Å²) in [5, 5.41) is 0. The molecule has 2 atom stereocenters. The second-order valence-electron chi connectivity index (χ2n) is 6.49. The van der Waals surface area contributed by atoms with Gasteiger partial charge in [0.05, 0.1) is 21.3 Å². The Hall–Kier alpha value is -2.50. The summed E-state index contributed by atoms with van der Waals surface area (Å²) in [5.74, 6) is 0.430. The first-order valence-electron chi connectivity index (χ1n) is 8.55. The molecule has 0 bridgehead atoms. The van der Waals surface area contributed by atoms with Crippen molar-refractivity contribution in [3.05, 3.63) is 35.4 Å². The summed E-state index contributed by atoms with van der Waals surface area (Å²) < 4.78 is 21.2. The Morgan fingerprint density at radius 2 is 1.81 bits per heavy atom. The van der Waals surface area contributed by atoms with Crippen molar-refractivity contribution in [2.45, 2.75) is 44.6 Å². The molecule has 0 spiro atoms. The molecule has 1 aliphatic rings. The molecule has 0 aliphatic heterocycles. The largest absolute Gasteiger partial charge is 0.493 e. The van der Waals surface area contributed by atoms with Crippen LogP contribution in [-0.2, 0) is 30.9 Å². The molecule has 1 aliphatic carbocycles. The van der Waals surface area contributed by atoms with Crippen molar-refractivity contribution in [3.8, 4) is 11.5 Å². The van der Waals surface area contributed by atoms with Crippen molar-refractivity contribution >= 4 is 11.9 Å². The summed E-state index contributed by atoms with van der Waals surface area (Å²) in [5.41, 5.74) is 1.32. The van der Waals surface area contributed by atoms with Crippen molar-refractivity contribution in [1.82, 2.24) is 0 Å². The van der Waals surface area contributed by atoms with Gasteiger partial charge in [0, 0.05) is 18.4 Å². The smallest absolute Gasteiger partial charge is 0.330 e. The van der Waals surface area contributed by atoms with Gasteiger partial charge in [-0.1, -0.05) is 6.08 Å². The standard InChI is InChI=1S/C20H26O6/c1-13(21)26-18-8-6-7-14-11-16(23-3)17(24-4)12-15(14)20(18,2)10-9-19(22)25-5/h9-12,18H,6-8H2,1-5H3/b10-9+/t18-,20-/m1/s1. The van der Waals surface area contributed by atoms with Crippen LogP contribution in [0.5, 0.6) is 11.5 Å². The van der Waals surface area contributed by atoms with E-state index in [0.29, 0.717) is 17.9 Å². The highest BCUT2D eigenvalue weighted by molar-refractivity contribution is 5.82. The van der Waals surface area contributed by atoms with Crippen LogP contribution in [0.1, 0.15) is 37.8 Å². The van der Waals surface area contributed by atoms with Crippen LogP contribution in [0.25, 0.3) is 0 Å². The molecular formula is C20H26O6. The first-order valence-corrected chi connectivity index (χ1v) is 8.55. The lowest BCUT2D eigenvalue weighted by molar-refractivity contribution is -0.149. The lowest BCUT2D eigenvalue weighted by atomic mass is 9.75.